The highest BCUT2D eigenvalue weighted by Crippen LogP contribution is 2.35. The van der Waals surface area contributed by atoms with E-state index in [4.69, 9.17) is 5.73 Å². The molecule has 0 saturated heterocycles. The number of hydrogen-bond donors (Lipinski definition) is 1. The second-order valence-corrected chi connectivity index (χ2v) is 5.80. The number of halogens is 1. The summed E-state index contributed by atoms with van der Waals surface area (Å²) >= 11 is 5.29. The van der Waals surface area contributed by atoms with Crippen LogP contribution in [0.4, 0.5) is 0 Å². The molecule has 0 bridgehead atoms. The zero-order valence-electron chi connectivity index (χ0n) is 8.30. The molecule has 0 aliphatic carbocycles. The van der Waals surface area contributed by atoms with Gasteiger partial charge >= 0.3 is 0 Å². The van der Waals surface area contributed by atoms with Crippen LogP contribution in [0.1, 0.15) is 32.8 Å². The van der Waals surface area contributed by atoms with Crippen molar-refractivity contribution in [1.82, 2.24) is 0 Å². The van der Waals surface area contributed by atoms with Gasteiger partial charge in [-0.2, -0.15) is 11.3 Å². The van der Waals surface area contributed by atoms with E-state index in [0.29, 0.717) is 0 Å². The van der Waals surface area contributed by atoms with Crippen molar-refractivity contribution in [2.45, 2.75) is 38.6 Å². The predicted molar refractivity (Wildman–Crippen MR) is 63.3 cm³/mol. The quantitative estimate of drug-likeness (QED) is 0.886. The molecule has 13 heavy (non-hydrogen) atoms. The van der Waals surface area contributed by atoms with Crippen molar-refractivity contribution >= 4 is 27.3 Å². The summed E-state index contributed by atoms with van der Waals surface area (Å²) in [7, 11) is 0. The Kier molecular flexibility index (Phi) is 3.55. The van der Waals surface area contributed by atoms with Gasteiger partial charge in [-0.15, -0.1) is 0 Å². The molecule has 0 radical (unpaired) electrons. The van der Waals surface area contributed by atoms with Crippen molar-refractivity contribution in [1.29, 1.82) is 0 Å². The maximum Gasteiger partial charge on any atom is 0.0319 e. The molecule has 1 heterocycles. The molecule has 0 aromatic carbocycles. The summed E-state index contributed by atoms with van der Waals surface area (Å²) in [5, 5.41) is 4.32. The summed E-state index contributed by atoms with van der Waals surface area (Å²) in [6.45, 7) is 6.54. The summed E-state index contributed by atoms with van der Waals surface area (Å²) in [6, 6.07) is 0.252. The molecule has 1 rings (SSSR count). The topological polar surface area (TPSA) is 26.0 Å². The molecule has 1 aromatic rings. The lowest BCUT2D eigenvalue weighted by molar-refractivity contribution is 0.437. The van der Waals surface area contributed by atoms with Crippen LogP contribution in [0, 0.1) is 0 Å². The van der Waals surface area contributed by atoms with Gasteiger partial charge in [0.15, 0.2) is 0 Å². The van der Waals surface area contributed by atoms with Gasteiger partial charge in [-0.25, -0.2) is 0 Å². The summed E-state index contributed by atoms with van der Waals surface area (Å²) < 4.78 is 1.21. The van der Waals surface area contributed by atoms with Gasteiger partial charge in [0.2, 0.25) is 0 Å². The van der Waals surface area contributed by atoms with E-state index in [9.17, 15) is 0 Å². The Morgan fingerprint density at radius 2 is 2.15 bits per heavy atom. The standard InChI is InChI=1S/C10H16BrNS/c1-7(12)4-10(2,3)8-5-13-6-9(8)11/h5-7H,4,12H2,1-3H3. The molecule has 3 heteroatoms. The lowest BCUT2D eigenvalue weighted by Gasteiger charge is -2.26. The first-order chi connectivity index (χ1) is 5.93. The molecule has 0 fully saturated rings. The highest BCUT2D eigenvalue weighted by molar-refractivity contribution is 9.10. The second-order valence-electron chi connectivity index (χ2n) is 4.20. The summed E-state index contributed by atoms with van der Waals surface area (Å²) in [4.78, 5) is 0. The number of nitrogens with two attached hydrogens (primary N) is 1. The van der Waals surface area contributed by atoms with Crippen LogP contribution >= 0.6 is 27.3 Å². The zero-order chi connectivity index (χ0) is 10.1. The first kappa shape index (κ1) is 11.2. The van der Waals surface area contributed by atoms with Gasteiger partial charge in [0, 0.05) is 15.9 Å². The Hall–Kier alpha value is 0.140. The smallest absolute Gasteiger partial charge is 0.0319 e. The summed E-state index contributed by atoms with van der Waals surface area (Å²) in [6.07, 6.45) is 1.02. The van der Waals surface area contributed by atoms with Crippen LogP contribution in [-0.4, -0.2) is 6.04 Å². The molecule has 1 nitrogen and oxygen atoms in total. The highest BCUT2D eigenvalue weighted by atomic mass is 79.9. The third-order valence-corrected chi connectivity index (χ3v) is 3.88. The average molecular weight is 262 g/mol. The number of thiophene rings is 1. The van der Waals surface area contributed by atoms with Crippen LogP contribution in [0.5, 0.6) is 0 Å². The highest BCUT2D eigenvalue weighted by Gasteiger charge is 2.24. The van der Waals surface area contributed by atoms with Crippen LogP contribution in [0.15, 0.2) is 15.2 Å². The molecule has 0 aliphatic rings. The molecular weight excluding hydrogens is 246 g/mol. The lowest BCUT2D eigenvalue weighted by atomic mass is 9.81. The van der Waals surface area contributed by atoms with Crippen LogP contribution in [0.3, 0.4) is 0 Å². The fourth-order valence-electron chi connectivity index (χ4n) is 1.68. The second kappa shape index (κ2) is 4.11. The molecule has 0 aliphatic heterocycles. The van der Waals surface area contributed by atoms with Crippen LogP contribution < -0.4 is 5.73 Å². The van der Waals surface area contributed by atoms with E-state index < -0.39 is 0 Å². The van der Waals surface area contributed by atoms with E-state index in [0.717, 1.165) is 6.42 Å². The van der Waals surface area contributed by atoms with Crippen molar-refractivity contribution in [3.63, 3.8) is 0 Å². The molecule has 0 spiro atoms. The maximum absolute atomic E-state index is 5.82. The van der Waals surface area contributed by atoms with Gasteiger partial charge < -0.3 is 5.73 Å². The molecule has 1 unspecified atom stereocenters. The predicted octanol–water partition coefficient (Wildman–Crippen LogP) is 3.53. The van der Waals surface area contributed by atoms with Gasteiger partial charge in [-0.1, -0.05) is 13.8 Å². The zero-order valence-corrected chi connectivity index (χ0v) is 10.7. The Balaban J connectivity index is 2.87. The van der Waals surface area contributed by atoms with Crippen molar-refractivity contribution in [3.05, 3.63) is 20.8 Å². The first-order valence-electron chi connectivity index (χ1n) is 4.41. The van der Waals surface area contributed by atoms with Crippen molar-refractivity contribution in [2.75, 3.05) is 0 Å². The van der Waals surface area contributed by atoms with Gasteiger partial charge in [-0.05, 0) is 45.6 Å². The molecular formula is C10H16BrNS. The van der Waals surface area contributed by atoms with Crippen LogP contribution in [-0.2, 0) is 5.41 Å². The van der Waals surface area contributed by atoms with E-state index in [2.05, 4.69) is 47.5 Å². The average Bonchev–Trinajstić information content (AvgIpc) is 2.32. The minimum atomic E-state index is 0.174. The Morgan fingerprint density at radius 1 is 1.54 bits per heavy atom. The third kappa shape index (κ3) is 2.79. The van der Waals surface area contributed by atoms with E-state index in [-0.39, 0.29) is 11.5 Å². The van der Waals surface area contributed by atoms with Gasteiger partial charge in [0.1, 0.15) is 0 Å². The molecule has 74 valence electrons. The van der Waals surface area contributed by atoms with E-state index in [1.807, 2.05) is 0 Å². The van der Waals surface area contributed by atoms with Gasteiger partial charge in [-0.3, -0.25) is 0 Å². The van der Waals surface area contributed by atoms with E-state index in [1.165, 1.54) is 10.0 Å². The van der Waals surface area contributed by atoms with Crippen molar-refractivity contribution in [3.8, 4) is 0 Å². The number of rotatable bonds is 3. The van der Waals surface area contributed by atoms with Crippen molar-refractivity contribution < 1.29 is 0 Å². The van der Waals surface area contributed by atoms with Gasteiger partial charge in [0.05, 0.1) is 0 Å². The van der Waals surface area contributed by atoms with Crippen molar-refractivity contribution in [2.24, 2.45) is 5.73 Å². The fourth-order valence-corrected chi connectivity index (χ4v) is 3.70. The number of hydrogen-bond acceptors (Lipinski definition) is 2. The minimum absolute atomic E-state index is 0.174. The lowest BCUT2D eigenvalue weighted by Crippen LogP contribution is -2.28. The Bertz CT molecular complexity index is 278. The maximum atomic E-state index is 5.82. The fraction of sp³-hybridized carbons (Fsp3) is 0.600. The summed E-state index contributed by atoms with van der Waals surface area (Å²) in [5.41, 5.74) is 7.37. The molecule has 0 saturated carbocycles. The van der Waals surface area contributed by atoms with Gasteiger partial charge in [0.25, 0.3) is 0 Å². The van der Waals surface area contributed by atoms with Crippen LogP contribution in [0.25, 0.3) is 0 Å². The molecule has 2 N–H and O–H groups in total. The normalized spacial score (nSPS) is 14.5. The Labute approximate surface area is 92.5 Å². The largest absolute Gasteiger partial charge is 0.328 e. The minimum Gasteiger partial charge on any atom is -0.328 e. The molecule has 1 atom stereocenters. The Morgan fingerprint density at radius 3 is 2.54 bits per heavy atom. The first-order valence-corrected chi connectivity index (χ1v) is 6.15. The summed E-state index contributed by atoms with van der Waals surface area (Å²) in [5.74, 6) is 0. The van der Waals surface area contributed by atoms with E-state index in [1.54, 1.807) is 11.3 Å². The third-order valence-electron chi connectivity index (χ3n) is 2.18. The monoisotopic (exact) mass is 261 g/mol. The van der Waals surface area contributed by atoms with E-state index >= 15 is 0 Å². The van der Waals surface area contributed by atoms with Crippen LogP contribution in [0.2, 0.25) is 0 Å². The molecule has 1 aromatic heterocycles. The SMILES string of the molecule is CC(N)CC(C)(C)c1cscc1Br. The molecule has 0 amide bonds.